The molecule has 0 saturated carbocycles. The van der Waals surface area contributed by atoms with E-state index in [1.165, 1.54) is 0 Å². The maximum atomic E-state index is 5.83. The van der Waals surface area contributed by atoms with Gasteiger partial charge < -0.3 is 11.5 Å². The van der Waals surface area contributed by atoms with Gasteiger partial charge in [-0.05, 0) is 18.1 Å². The van der Waals surface area contributed by atoms with Crippen LogP contribution in [0, 0.1) is 6.92 Å². The monoisotopic (exact) mass is 162 g/mol. The van der Waals surface area contributed by atoms with Crippen molar-refractivity contribution in [2.75, 3.05) is 12.3 Å². The summed E-state index contributed by atoms with van der Waals surface area (Å²) in [6.07, 6.45) is 3.84. The Labute approximate surface area is 72.9 Å². The first-order valence-corrected chi connectivity index (χ1v) is 3.97. The van der Waals surface area contributed by atoms with Crippen molar-refractivity contribution in [2.45, 2.75) is 6.92 Å². The van der Waals surface area contributed by atoms with Crippen molar-refractivity contribution >= 4 is 11.8 Å². The van der Waals surface area contributed by atoms with E-state index in [9.17, 15) is 0 Å². The first-order valence-electron chi connectivity index (χ1n) is 3.97. The number of nitrogen functional groups attached to an aromatic ring is 1. The Morgan fingerprint density at radius 2 is 2.17 bits per heavy atom. The van der Waals surface area contributed by atoms with Crippen LogP contribution in [0.25, 0.3) is 6.08 Å². The zero-order chi connectivity index (χ0) is 8.97. The summed E-state index contributed by atoms with van der Waals surface area (Å²) in [6, 6.07) is 5.96. The Balaban J connectivity index is 3.00. The van der Waals surface area contributed by atoms with Gasteiger partial charge in [-0.15, -0.1) is 0 Å². The first kappa shape index (κ1) is 8.81. The molecule has 64 valence electrons. The highest BCUT2D eigenvalue weighted by atomic mass is 14.6. The third kappa shape index (κ3) is 1.86. The molecular formula is C10H14N2. The summed E-state index contributed by atoms with van der Waals surface area (Å²) in [6.45, 7) is 2.54. The SMILES string of the molecule is Cc1cccc(C=CCN)c1N. The van der Waals surface area contributed by atoms with Gasteiger partial charge in [0.15, 0.2) is 0 Å². The average Bonchev–Trinajstić information content (AvgIpc) is 2.08. The molecule has 0 radical (unpaired) electrons. The van der Waals surface area contributed by atoms with E-state index in [1.54, 1.807) is 0 Å². The number of para-hydroxylation sites is 1. The molecule has 0 aliphatic carbocycles. The molecule has 2 nitrogen and oxygen atoms in total. The molecule has 1 rings (SSSR count). The molecule has 4 N–H and O–H groups in total. The fraction of sp³-hybridized carbons (Fsp3) is 0.200. The number of nitrogens with two attached hydrogens (primary N) is 2. The lowest BCUT2D eigenvalue weighted by Crippen LogP contribution is -1.95. The Morgan fingerprint density at radius 3 is 2.83 bits per heavy atom. The van der Waals surface area contributed by atoms with Crippen molar-refractivity contribution in [1.82, 2.24) is 0 Å². The molecule has 0 heterocycles. The van der Waals surface area contributed by atoms with Gasteiger partial charge in [0.25, 0.3) is 0 Å². The molecule has 1 aromatic rings. The van der Waals surface area contributed by atoms with E-state index in [0.29, 0.717) is 6.54 Å². The summed E-state index contributed by atoms with van der Waals surface area (Å²) in [5.74, 6) is 0. The molecular weight excluding hydrogens is 148 g/mol. The van der Waals surface area contributed by atoms with Crippen molar-refractivity contribution in [1.29, 1.82) is 0 Å². The summed E-state index contributed by atoms with van der Waals surface area (Å²) in [4.78, 5) is 0. The summed E-state index contributed by atoms with van der Waals surface area (Å²) >= 11 is 0. The predicted octanol–water partition coefficient (Wildman–Crippen LogP) is 1.55. The topological polar surface area (TPSA) is 52.0 Å². The molecule has 0 unspecified atom stereocenters. The van der Waals surface area contributed by atoms with E-state index in [-0.39, 0.29) is 0 Å². The highest BCUT2D eigenvalue weighted by molar-refractivity contribution is 5.67. The van der Waals surface area contributed by atoms with Gasteiger partial charge in [-0.2, -0.15) is 0 Å². The van der Waals surface area contributed by atoms with E-state index in [4.69, 9.17) is 11.5 Å². The van der Waals surface area contributed by atoms with Crippen LogP contribution >= 0.6 is 0 Å². The van der Waals surface area contributed by atoms with Gasteiger partial charge in [-0.25, -0.2) is 0 Å². The van der Waals surface area contributed by atoms with Crippen LogP contribution in [0.15, 0.2) is 24.3 Å². The van der Waals surface area contributed by atoms with Gasteiger partial charge in [-0.1, -0.05) is 30.4 Å². The van der Waals surface area contributed by atoms with Crippen LogP contribution in [-0.2, 0) is 0 Å². The smallest absolute Gasteiger partial charge is 0.0417 e. The normalized spacial score (nSPS) is 10.8. The lowest BCUT2D eigenvalue weighted by atomic mass is 10.1. The van der Waals surface area contributed by atoms with Gasteiger partial charge in [0, 0.05) is 12.2 Å². The van der Waals surface area contributed by atoms with E-state index in [1.807, 2.05) is 37.3 Å². The minimum Gasteiger partial charge on any atom is -0.398 e. The van der Waals surface area contributed by atoms with Crippen LogP contribution in [0.1, 0.15) is 11.1 Å². The molecule has 0 aliphatic heterocycles. The van der Waals surface area contributed by atoms with E-state index in [0.717, 1.165) is 16.8 Å². The molecule has 0 spiro atoms. The molecule has 2 heteroatoms. The zero-order valence-electron chi connectivity index (χ0n) is 7.25. The molecule has 12 heavy (non-hydrogen) atoms. The highest BCUT2D eigenvalue weighted by Crippen LogP contribution is 2.17. The third-order valence-corrected chi connectivity index (χ3v) is 1.79. The van der Waals surface area contributed by atoms with Crippen molar-refractivity contribution in [2.24, 2.45) is 5.73 Å². The van der Waals surface area contributed by atoms with E-state index < -0.39 is 0 Å². The van der Waals surface area contributed by atoms with Crippen LogP contribution in [0.5, 0.6) is 0 Å². The second kappa shape index (κ2) is 3.93. The van der Waals surface area contributed by atoms with Crippen LogP contribution in [-0.4, -0.2) is 6.54 Å². The number of anilines is 1. The van der Waals surface area contributed by atoms with Gasteiger partial charge in [0.1, 0.15) is 0 Å². The standard InChI is InChI=1S/C10H14N2/c1-8-4-2-5-9(10(8)12)6-3-7-11/h2-6H,7,11-12H2,1H3. The zero-order valence-corrected chi connectivity index (χ0v) is 7.25. The Morgan fingerprint density at radius 1 is 1.42 bits per heavy atom. The molecule has 1 aromatic carbocycles. The van der Waals surface area contributed by atoms with Crippen molar-refractivity contribution in [3.05, 3.63) is 35.4 Å². The van der Waals surface area contributed by atoms with E-state index in [2.05, 4.69) is 0 Å². The number of hydrogen-bond acceptors (Lipinski definition) is 2. The lowest BCUT2D eigenvalue weighted by Gasteiger charge is -2.02. The summed E-state index contributed by atoms with van der Waals surface area (Å²) in [5, 5.41) is 0. The molecule has 0 saturated heterocycles. The molecule has 0 aliphatic rings. The van der Waals surface area contributed by atoms with Crippen LogP contribution in [0.2, 0.25) is 0 Å². The fourth-order valence-electron chi connectivity index (χ4n) is 1.04. The lowest BCUT2D eigenvalue weighted by molar-refractivity contribution is 1.26. The first-order chi connectivity index (χ1) is 5.75. The summed E-state index contributed by atoms with van der Waals surface area (Å²) in [5.41, 5.74) is 14.2. The van der Waals surface area contributed by atoms with Gasteiger partial charge in [-0.3, -0.25) is 0 Å². The molecule has 0 aromatic heterocycles. The molecule has 0 fully saturated rings. The van der Waals surface area contributed by atoms with Gasteiger partial charge in [0.05, 0.1) is 0 Å². The Hall–Kier alpha value is -1.28. The Kier molecular flexibility index (Phi) is 2.88. The van der Waals surface area contributed by atoms with Crippen molar-refractivity contribution in [3.8, 4) is 0 Å². The van der Waals surface area contributed by atoms with Gasteiger partial charge >= 0.3 is 0 Å². The molecule has 0 amide bonds. The quantitative estimate of drug-likeness (QED) is 0.648. The van der Waals surface area contributed by atoms with Crippen LogP contribution in [0.4, 0.5) is 5.69 Å². The molecule has 0 bridgehead atoms. The predicted molar refractivity (Wildman–Crippen MR) is 53.7 cm³/mol. The fourth-order valence-corrected chi connectivity index (χ4v) is 1.04. The summed E-state index contributed by atoms with van der Waals surface area (Å²) < 4.78 is 0. The van der Waals surface area contributed by atoms with Crippen LogP contribution < -0.4 is 11.5 Å². The number of aryl methyl sites for hydroxylation is 1. The largest absolute Gasteiger partial charge is 0.398 e. The van der Waals surface area contributed by atoms with Crippen molar-refractivity contribution < 1.29 is 0 Å². The maximum Gasteiger partial charge on any atom is 0.0417 e. The Bertz CT molecular complexity index is 290. The van der Waals surface area contributed by atoms with Crippen LogP contribution in [0.3, 0.4) is 0 Å². The second-order valence-corrected chi connectivity index (χ2v) is 2.72. The highest BCUT2D eigenvalue weighted by Gasteiger charge is 1.95. The number of benzene rings is 1. The number of rotatable bonds is 2. The van der Waals surface area contributed by atoms with E-state index >= 15 is 0 Å². The maximum absolute atomic E-state index is 5.83. The third-order valence-electron chi connectivity index (χ3n) is 1.79. The minimum absolute atomic E-state index is 0.549. The second-order valence-electron chi connectivity index (χ2n) is 2.72. The van der Waals surface area contributed by atoms with Gasteiger partial charge in [0.2, 0.25) is 0 Å². The van der Waals surface area contributed by atoms with Crippen molar-refractivity contribution in [3.63, 3.8) is 0 Å². The number of hydrogen-bond donors (Lipinski definition) is 2. The average molecular weight is 162 g/mol. The molecule has 0 atom stereocenters. The minimum atomic E-state index is 0.549. The summed E-state index contributed by atoms with van der Waals surface area (Å²) in [7, 11) is 0.